The third-order valence-corrected chi connectivity index (χ3v) is 1.99. The molecule has 0 fully saturated rings. The van der Waals surface area contributed by atoms with Gasteiger partial charge in [-0.15, -0.1) is 0 Å². The van der Waals surface area contributed by atoms with Gasteiger partial charge in [0.15, 0.2) is 0 Å². The van der Waals surface area contributed by atoms with Crippen LogP contribution in [0.5, 0.6) is 0 Å². The minimum absolute atomic E-state index is 0.110. The molecule has 0 aromatic carbocycles. The molecule has 0 aliphatic heterocycles. The van der Waals surface area contributed by atoms with E-state index in [1.54, 1.807) is 13.2 Å². The zero-order valence-corrected chi connectivity index (χ0v) is 8.66. The van der Waals surface area contributed by atoms with Crippen molar-refractivity contribution in [3.63, 3.8) is 0 Å². The highest BCUT2D eigenvalue weighted by molar-refractivity contribution is 5.73. The predicted molar refractivity (Wildman–Crippen MR) is 52.7 cm³/mol. The Morgan fingerprint density at radius 3 is 3.07 bits per heavy atom. The average Bonchev–Trinajstić information content (AvgIpc) is 2.65. The minimum atomic E-state index is -0.205. The highest BCUT2D eigenvalue weighted by atomic mass is 16.2. The normalized spacial score (nSPS) is 12.2. The van der Waals surface area contributed by atoms with E-state index >= 15 is 0 Å². The molecule has 0 saturated carbocycles. The predicted octanol–water partition coefficient (Wildman–Crippen LogP) is 0.693. The number of aromatic nitrogens is 2. The first-order valence-electron chi connectivity index (χ1n) is 4.60. The minimum Gasteiger partial charge on any atom is -0.341 e. The maximum Gasteiger partial charge on any atom is 0.315 e. The number of carbonyl (C=O) groups excluding carboxylic acids is 1. The van der Waals surface area contributed by atoms with Crippen LogP contribution in [0.2, 0.25) is 0 Å². The first-order valence-corrected chi connectivity index (χ1v) is 4.60. The summed E-state index contributed by atoms with van der Waals surface area (Å²) in [5, 5.41) is 5.25. The summed E-state index contributed by atoms with van der Waals surface area (Å²) in [6.45, 7) is 4.73. The summed E-state index contributed by atoms with van der Waals surface area (Å²) in [6.07, 6.45) is 4.54. The summed E-state index contributed by atoms with van der Waals surface area (Å²) in [4.78, 5) is 15.1. The smallest absolute Gasteiger partial charge is 0.315 e. The summed E-state index contributed by atoms with van der Waals surface area (Å²) in [5.41, 5.74) is 0. The van der Waals surface area contributed by atoms with Crippen LogP contribution in [0.25, 0.3) is 0 Å². The third kappa shape index (κ3) is 2.25. The van der Waals surface area contributed by atoms with Gasteiger partial charge in [0, 0.05) is 19.8 Å². The second-order valence-electron chi connectivity index (χ2n) is 2.96. The molecule has 0 bridgehead atoms. The SMILES string of the molecule is CCn1c[c]nc1C(C)NC(=O)NC. The van der Waals surface area contributed by atoms with Crippen molar-refractivity contribution in [3.8, 4) is 0 Å². The lowest BCUT2D eigenvalue weighted by molar-refractivity contribution is 0.239. The molecule has 77 valence electrons. The van der Waals surface area contributed by atoms with E-state index in [0.717, 1.165) is 12.4 Å². The molecule has 5 heteroatoms. The molecule has 1 aromatic rings. The Morgan fingerprint density at radius 1 is 1.79 bits per heavy atom. The van der Waals surface area contributed by atoms with Crippen LogP contribution >= 0.6 is 0 Å². The highest BCUT2D eigenvalue weighted by Crippen LogP contribution is 2.08. The fraction of sp³-hybridized carbons (Fsp3) is 0.556. The molecule has 0 spiro atoms. The maximum absolute atomic E-state index is 11.0. The zero-order valence-electron chi connectivity index (χ0n) is 8.66. The van der Waals surface area contributed by atoms with Crippen molar-refractivity contribution < 1.29 is 4.79 Å². The third-order valence-electron chi connectivity index (χ3n) is 1.99. The van der Waals surface area contributed by atoms with E-state index < -0.39 is 0 Å². The zero-order chi connectivity index (χ0) is 10.6. The van der Waals surface area contributed by atoms with Gasteiger partial charge in [-0.3, -0.25) is 0 Å². The van der Waals surface area contributed by atoms with E-state index in [9.17, 15) is 4.79 Å². The number of nitrogens with zero attached hydrogens (tertiary/aromatic N) is 2. The number of carbonyl (C=O) groups is 1. The number of urea groups is 1. The molecule has 1 unspecified atom stereocenters. The van der Waals surface area contributed by atoms with Gasteiger partial charge in [0.2, 0.25) is 0 Å². The number of nitrogens with one attached hydrogen (secondary N) is 2. The molecule has 2 amide bonds. The topological polar surface area (TPSA) is 59.0 Å². The van der Waals surface area contributed by atoms with Crippen molar-refractivity contribution in [1.82, 2.24) is 20.2 Å². The first-order chi connectivity index (χ1) is 6.69. The molecule has 1 heterocycles. The van der Waals surface area contributed by atoms with Gasteiger partial charge >= 0.3 is 6.03 Å². The molecule has 1 aromatic heterocycles. The molecule has 0 saturated heterocycles. The first kappa shape index (κ1) is 10.6. The van der Waals surface area contributed by atoms with Crippen LogP contribution in [0, 0.1) is 6.20 Å². The lowest BCUT2D eigenvalue weighted by Gasteiger charge is -2.14. The average molecular weight is 195 g/mol. The van der Waals surface area contributed by atoms with Crippen LogP contribution in [0.3, 0.4) is 0 Å². The van der Waals surface area contributed by atoms with E-state index in [1.807, 2.05) is 18.4 Å². The van der Waals surface area contributed by atoms with E-state index in [2.05, 4.69) is 21.8 Å². The molecular weight excluding hydrogens is 180 g/mol. The van der Waals surface area contributed by atoms with Crippen LogP contribution in [0.15, 0.2) is 6.20 Å². The second kappa shape index (κ2) is 4.64. The lowest BCUT2D eigenvalue weighted by Crippen LogP contribution is -2.35. The standard InChI is InChI=1S/C9H15N4O/c1-4-13-6-5-11-8(13)7(2)12-9(14)10-3/h6-7H,4H2,1-3H3,(H2,10,12,14). The van der Waals surface area contributed by atoms with Gasteiger partial charge in [-0.05, 0) is 13.8 Å². The molecule has 0 aliphatic carbocycles. The number of amides is 2. The number of aryl methyl sites for hydroxylation is 1. The quantitative estimate of drug-likeness (QED) is 0.745. The maximum atomic E-state index is 11.0. The molecule has 1 radical (unpaired) electrons. The summed E-state index contributed by atoms with van der Waals surface area (Å²) in [6, 6.07) is -0.315. The van der Waals surface area contributed by atoms with Crippen molar-refractivity contribution in [3.05, 3.63) is 18.2 Å². The Bertz CT molecular complexity index is 308. The molecule has 5 nitrogen and oxygen atoms in total. The van der Waals surface area contributed by atoms with E-state index in [-0.39, 0.29) is 12.1 Å². The molecular formula is C9H15N4O. The highest BCUT2D eigenvalue weighted by Gasteiger charge is 2.12. The van der Waals surface area contributed by atoms with Gasteiger partial charge in [-0.1, -0.05) is 0 Å². The fourth-order valence-corrected chi connectivity index (χ4v) is 1.23. The molecule has 1 rings (SSSR count). The number of rotatable bonds is 3. The van der Waals surface area contributed by atoms with Gasteiger partial charge in [0.1, 0.15) is 12.0 Å². The van der Waals surface area contributed by atoms with Crippen LogP contribution in [0.1, 0.15) is 25.7 Å². The summed E-state index contributed by atoms with van der Waals surface area (Å²) in [5.74, 6) is 0.816. The number of hydrogen-bond donors (Lipinski definition) is 2. The van der Waals surface area contributed by atoms with Gasteiger partial charge in [-0.2, -0.15) is 0 Å². The Kier molecular flexibility index (Phi) is 3.50. The number of hydrogen-bond acceptors (Lipinski definition) is 2. The van der Waals surface area contributed by atoms with Crippen molar-refractivity contribution in [1.29, 1.82) is 0 Å². The van der Waals surface area contributed by atoms with Crippen molar-refractivity contribution >= 4 is 6.03 Å². The van der Waals surface area contributed by atoms with Crippen molar-refractivity contribution in [2.24, 2.45) is 0 Å². The van der Waals surface area contributed by atoms with Gasteiger partial charge < -0.3 is 15.2 Å². The summed E-state index contributed by atoms with van der Waals surface area (Å²) < 4.78 is 1.95. The molecule has 1 atom stereocenters. The number of imidazole rings is 1. The Morgan fingerprint density at radius 2 is 2.50 bits per heavy atom. The van der Waals surface area contributed by atoms with Gasteiger partial charge in [-0.25, -0.2) is 9.78 Å². The lowest BCUT2D eigenvalue weighted by atomic mass is 10.3. The largest absolute Gasteiger partial charge is 0.341 e. The van der Waals surface area contributed by atoms with E-state index in [0.29, 0.717) is 0 Å². The van der Waals surface area contributed by atoms with Crippen LogP contribution < -0.4 is 10.6 Å². The van der Waals surface area contributed by atoms with Crippen molar-refractivity contribution in [2.75, 3.05) is 7.05 Å². The molecule has 0 aliphatic rings. The van der Waals surface area contributed by atoms with E-state index in [1.165, 1.54) is 0 Å². The van der Waals surface area contributed by atoms with Crippen LogP contribution in [-0.4, -0.2) is 22.6 Å². The van der Waals surface area contributed by atoms with Crippen molar-refractivity contribution in [2.45, 2.75) is 26.4 Å². The second-order valence-corrected chi connectivity index (χ2v) is 2.96. The molecule has 2 N–H and O–H groups in total. The Labute approximate surface area is 83.5 Å². The Hall–Kier alpha value is -1.52. The Balaban J connectivity index is 2.68. The summed E-state index contributed by atoms with van der Waals surface area (Å²) in [7, 11) is 1.58. The van der Waals surface area contributed by atoms with E-state index in [4.69, 9.17) is 0 Å². The van der Waals surface area contributed by atoms with Gasteiger partial charge in [0.05, 0.1) is 6.04 Å². The molecule has 14 heavy (non-hydrogen) atoms. The van der Waals surface area contributed by atoms with Crippen LogP contribution in [-0.2, 0) is 6.54 Å². The fourth-order valence-electron chi connectivity index (χ4n) is 1.23. The summed E-state index contributed by atoms with van der Waals surface area (Å²) >= 11 is 0. The van der Waals surface area contributed by atoms with Gasteiger partial charge in [0.25, 0.3) is 0 Å². The van der Waals surface area contributed by atoms with Crippen LogP contribution in [0.4, 0.5) is 4.79 Å². The monoisotopic (exact) mass is 195 g/mol.